The Kier molecular flexibility index (Phi) is 5.57. The minimum absolute atomic E-state index is 0.516. The number of hydrogen-bond donors (Lipinski definition) is 0. The molecule has 2 saturated heterocycles. The summed E-state index contributed by atoms with van der Waals surface area (Å²) in [6.45, 7) is 6.44. The van der Waals surface area contributed by atoms with E-state index in [2.05, 4.69) is 43.7 Å². The molecule has 2 aliphatic heterocycles. The lowest BCUT2D eigenvalue weighted by Crippen LogP contribution is -2.33. The summed E-state index contributed by atoms with van der Waals surface area (Å²) in [5.74, 6) is 2.79. The molecule has 0 unspecified atom stereocenters. The molecule has 6 heteroatoms. The van der Waals surface area contributed by atoms with Gasteiger partial charge in [-0.05, 0) is 63.5 Å². The predicted molar refractivity (Wildman–Crippen MR) is 104 cm³/mol. The molecule has 0 amide bonds. The normalized spacial score (nSPS) is 20.1. The van der Waals surface area contributed by atoms with Gasteiger partial charge in [0.2, 0.25) is 0 Å². The van der Waals surface area contributed by atoms with Crippen molar-refractivity contribution in [3.05, 3.63) is 46.5 Å². The Morgan fingerprint density at radius 1 is 0.962 bits per heavy atom. The molecule has 2 fully saturated rings. The highest BCUT2D eigenvalue weighted by molar-refractivity contribution is 6.31. The number of benzene rings is 1. The lowest BCUT2D eigenvalue weighted by Gasteiger charge is -2.31. The summed E-state index contributed by atoms with van der Waals surface area (Å²) in [5, 5.41) is 9.91. The van der Waals surface area contributed by atoms with E-state index in [9.17, 15) is 0 Å². The van der Waals surface area contributed by atoms with E-state index in [0.29, 0.717) is 5.92 Å². The smallest absolute Gasteiger partial charge is 0.146 e. The number of halogens is 1. The molecule has 5 nitrogen and oxygen atoms in total. The van der Waals surface area contributed by atoms with Crippen molar-refractivity contribution in [2.24, 2.45) is 7.05 Å². The Balaban J connectivity index is 1.34. The summed E-state index contributed by atoms with van der Waals surface area (Å²) in [6.07, 6.45) is 4.91. The van der Waals surface area contributed by atoms with Crippen LogP contribution in [0.2, 0.25) is 5.02 Å². The van der Waals surface area contributed by atoms with Gasteiger partial charge in [0.1, 0.15) is 11.6 Å². The van der Waals surface area contributed by atoms with E-state index in [1.54, 1.807) is 0 Å². The van der Waals surface area contributed by atoms with Crippen LogP contribution in [0.5, 0.6) is 0 Å². The van der Waals surface area contributed by atoms with Crippen LogP contribution in [0.1, 0.15) is 48.8 Å². The number of likely N-dealkylation sites (tertiary alicyclic amines) is 2. The van der Waals surface area contributed by atoms with Crippen LogP contribution in [-0.2, 0) is 20.1 Å². The van der Waals surface area contributed by atoms with Crippen LogP contribution in [0.4, 0.5) is 0 Å². The van der Waals surface area contributed by atoms with Crippen molar-refractivity contribution in [3.8, 4) is 0 Å². The first-order valence-corrected chi connectivity index (χ1v) is 10.1. The summed E-state index contributed by atoms with van der Waals surface area (Å²) < 4.78 is 2.24. The second-order valence-electron chi connectivity index (χ2n) is 7.66. The first kappa shape index (κ1) is 18.0. The fourth-order valence-electron chi connectivity index (χ4n) is 4.23. The third-order valence-electron chi connectivity index (χ3n) is 5.87. The maximum absolute atomic E-state index is 6.31. The van der Waals surface area contributed by atoms with E-state index in [-0.39, 0.29) is 0 Å². The van der Waals surface area contributed by atoms with Gasteiger partial charge in [-0.1, -0.05) is 29.8 Å². The average molecular weight is 374 g/mol. The molecule has 1 aromatic heterocycles. The summed E-state index contributed by atoms with van der Waals surface area (Å²) in [4.78, 5) is 4.99. The molecular weight excluding hydrogens is 346 g/mol. The molecule has 0 aliphatic carbocycles. The van der Waals surface area contributed by atoms with Gasteiger partial charge in [-0.25, -0.2) is 0 Å². The predicted octanol–water partition coefficient (Wildman–Crippen LogP) is 3.44. The number of rotatable bonds is 5. The highest BCUT2D eigenvalue weighted by atomic mass is 35.5. The van der Waals surface area contributed by atoms with Gasteiger partial charge in [0.05, 0.1) is 6.54 Å². The molecule has 3 heterocycles. The van der Waals surface area contributed by atoms with E-state index in [4.69, 9.17) is 11.6 Å². The second kappa shape index (κ2) is 8.07. The fraction of sp³-hybridized carbons (Fsp3) is 0.600. The first-order valence-electron chi connectivity index (χ1n) is 9.77. The van der Waals surface area contributed by atoms with Gasteiger partial charge in [0.15, 0.2) is 0 Å². The summed E-state index contributed by atoms with van der Waals surface area (Å²) >= 11 is 6.31. The van der Waals surface area contributed by atoms with E-state index in [0.717, 1.165) is 55.7 Å². The topological polar surface area (TPSA) is 37.2 Å². The van der Waals surface area contributed by atoms with Gasteiger partial charge in [-0.3, -0.25) is 9.80 Å². The van der Waals surface area contributed by atoms with Crippen LogP contribution in [0.15, 0.2) is 24.3 Å². The lowest BCUT2D eigenvalue weighted by atomic mass is 9.95. The molecule has 0 saturated carbocycles. The van der Waals surface area contributed by atoms with Crippen molar-refractivity contribution < 1.29 is 0 Å². The highest BCUT2D eigenvalue weighted by Gasteiger charge is 2.26. The Labute approximate surface area is 161 Å². The Morgan fingerprint density at radius 3 is 2.38 bits per heavy atom. The molecule has 0 atom stereocenters. The molecule has 0 radical (unpaired) electrons. The van der Waals surface area contributed by atoms with E-state index < -0.39 is 0 Å². The SMILES string of the molecule is Cn1c(CN2CCCC2)nnc1C1CCN(Cc2ccccc2Cl)CC1. The maximum atomic E-state index is 6.31. The third kappa shape index (κ3) is 3.95. The highest BCUT2D eigenvalue weighted by Crippen LogP contribution is 2.28. The minimum atomic E-state index is 0.516. The van der Waals surface area contributed by atoms with Crippen LogP contribution < -0.4 is 0 Å². The summed E-state index contributed by atoms with van der Waals surface area (Å²) in [5.41, 5.74) is 1.22. The fourth-order valence-corrected chi connectivity index (χ4v) is 4.42. The van der Waals surface area contributed by atoms with Crippen molar-refractivity contribution in [1.82, 2.24) is 24.6 Å². The zero-order chi connectivity index (χ0) is 17.9. The van der Waals surface area contributed by atoms with Gasteiger partial charge < -0.3 is 4.57 Å². The van der Waals surface area contributed by atoms with Gasteiger partial charge >= 0.3 is 0 Å². The molecule has 0 bridgehead atoms. The minimum Gasteiger partial charge on any atom is -0.317 e. The maximum Gasteiger partial charge on any atom is 0.146 e. The molecular formula is C20H28ClN5. The standard InChI is InChI=1S/C20H28ClN5/c1-24-19(15-25-10-4-5-11-25)22-23-20(24)16-8-12-26(13-9-16)14-17-6-2-3-7-18(17)21/h2-3,6-7,16H,4-5,8-15H2,1H3. The van der Waals surface area contributed by atoms with Crippen LogP contribution in [0.25, 0.3) is 0 Å². The Morgan fingerprint density at radius 2 is 1.65 bits per heavy atom. The molecule has 26 heavy (non-hydrogen) atoms. The van der Waals surface area contributed by atoms with Crippen molar-refractivity contribution >= 4 is 11.6 Å². The van der Waals surface area contributed by atoms with Crippen molar-refractivity contribution in [1.29, 1.82) is 0 Å². The Hall–Kier alpha value is -1.43. The Bertz CT molecular complexity index is 730. The number of piperidine rings is 1. The largest absolute Gasteiger partial charge is 0.317 e. The summed E-state index contributed by atoms with van der Waals surface area (Å²) in [7, 11) is 2.14. The van der Waals surface area contributed by atoms with Crippen LogP contribution in [-0.4, -0.2) is 50.7 Å². The molecule has 2 aromatic rings. The van der Waals surface area contributed by atoms with Crippen LogP contribution in [0.3, 0.4) is 0 Å². The zero-order valence-electron chi connectivity index (χ0n) is 15.6. The molecule has 1 aromatic carbocycles. The molecule has 2 aliphatic rings. The lowest BCUT2D eigenvalue weighted by molar-refractivity contribution is 0.200. The van der Waals surface area contributed by atoms with Crippen molar-refractivity contribution in [2.45, 2.75) is 44.7 Å². The van der Waals surface area contributed by atoms with Crippen molar-refractivity contribution in [3.63, 3.8) is 0 Å². The molecule has 0 N–H and O–H groups in total. The molecule has 140 valence electrons. The van der Waals surface area contributed by atoms with Crippen molar-refractivity contribution in [2.75, 3.05) is 26.2 Å². The average Bonchev–Trinajstić information content (AvgIpc) is 3.29. The second-order valence-corrected chi connectivity index (χ2v) is 8.07. The van der Waals surface area contributed by atoms with Gasteiger partial charge in [0.25, 0.3) is 0 Å². The third-order valence-corrected chi connectivity index (χ3v) is 6.24. The zero-order valence-corrected chi connectivity index (χ0v) is 16.3. The van der Waals surface area contributed by atoms with Crippen LogP contribution in [0, 0.1) is 0 Å². The van der Waals surface area contributed by atoms with E-state index >= 15 is 0 Å². The van der Waals surface area contributed by atoms with E-state index in [1.165, 1.54) is 31.5 Å². The van der Waals surface area contributed by atoms with Gasteiger partial charge in [0, 0.05) is 24.5 Å². The molecule has 0 spiro atoms. The number of aromatic nitrogens is 3. The summed E-state index contributed by atoms with van der Waals surface area (Å²) in [6, 6.07) is 8.16. The quantitative estimate of drug-likeness (QED) is 0.804. The van der Waals surface area contributed by atoms with E-state index in [1.807, 2.05) is 12.1 Å². The monoisotopic (exact) mass is 373 g/mol. The first-order chi connectivity index (χ1) is 12.7. The van der Waals surface area contributed by atoms with Crippen LogP contribution >= 0.6 is 11.6 Å². The van der Waals surface area contributed by atoms with Gasteiger partial charge in [-0.15, -0.1) is 10.2 Å². The van der Waals surface area contributed by atoms with Gasteiger partial charge in [-0.2, -0.15) is 0 Å². The number of nitrogens with zero attached hydrogens (tertiary/aromatic N) is 5. The number of hydrogen-bond acceptors (Lipinski definition) is 4. The molecule has 4 rings (SSSR count).